The number of rotatable bonds is 7. The number of piperidine rings is 1. The van der Waals surface area contributed by atoms with Crippen molar-refractivity contribution in [2.45, 2.75) is 25.5 Å². The molecule has 0 spiro atoms. The molecule has 4 heterocycles. The van der Waals surface area contributed by atoms with Gasteiger partial charge in [-0.25, -0.2) is 19.3 Å². The van der Waals surface area contributed by atoms with Gasteiger partial charge in [-0.05, 0) is 25.1 Å². The van der Waals surface area contributed by atoms with Crippen molar-refractivity contribution in [3.05, 3.63) is 54.7 Å². The van der Waals surface area contributed by atoms with E-state index in [9.17, 15) is 9.18 Å². The van der Waals surface area contributed by atoms with Crippen LogP contribution in [0.3, 0.4) is 0 Å². The number of halogens is 1. The van der Waals surface area contributed by atoms with Crippen LogP contribution in [0.15, 0.2) is 49.2 Å². The van der Waals surface area contributed by atoms with Gasteiger partial charge in [0.1, 0.15) is 11.9 Å². The smallest absolute Gasteiger partial charge is 0.262 e. The van der Waals surface area contributed by atoms with Crippen LogP contribution in [0.25, 0.3) is 11.4 Å². The van der Waals surface area contributed by atoms with Crippen molar-refractivity contribution >= 4 is 5.91 Å². The summed E-state index contributed by atoms with van der Waals surface area (Å²) in [4.78, 5) is 29.0. The lowest BCUT2D eigenvalue weighted by Gasteiger charge is -2.26. The molecule has 1 aliphatic heterocycles. The van der Waals surface area contributed by atoms with Crippen LogP contribution in [-0.4, -0.2) is 57.7 Å². The highest BCUT2D eigenvalue weighted by Crippen LogP contribution is 2.30. The summed E-state index contributed by atoms with van der Waals surface area (Å²) < 4.78 is 61.6. The summed E-state index contributed by atoms with van der Waals surface area (Å²) in [6, 6.07) is 3.98. The van der Waals surface area contributed by atoms with Crippen LogP contribution in [0.4, 0.5) is 4.39 Å². The highest BCUT2D eigenvalue weighted by Gasteiger charge is 2.23. The Morgan fingerprint density at radius 3 is 3.00 bits per heavy atom. The van der Waals surface area contributed by atoms with Crippen molar-refractivity contribution in [2.24, 2.45) is 0 Å². The molecule has 1 aliphatic rings. The summed E-state index contributed by atoms with van der Waals surface area (Å²) in [5.41, 5.74) is 0.654. The van der Waals surface area contributed by atoms with Crippen molar-refractivity contribution in [3.8, 4) is 28.8 Å². The molecule has 32 heavy (non-hydrogen) atoms. The summed E-state index contributed by atoms with van der Waals surface area (Å²) in [6.07, 6.45) is 6.11. The molecule has 166 valence electrons. The summed E-state index contributed by atoms with van der Waals surface area (Å²) in [6.45, 7) is -5.26. The Balaban J connectivity index is 1.47. The molecule has 2 atom stereocenters. The first-order valence-corrected chi connectivity index (χ1v) is 9.77. The normalized spacial score (nSPS) is 21.2. The molecule has 0 aliphatic carbocycles. The van der Waals surface area contributed by atoms with E-state index in [1.807, 2.05) is 0 Å². The third-order valence-corrected chi connectivity index (χ3v) is 4.63. The first-order chi connectivity index (χ1) is 17.5. The van der Waals surface area contributed by atoms with E-state index in [4.69, 9.17) is 16.3 Å². The van der Waals surface area contributed by atoms with E-state index in [0.717, 1.165) is 0 Å². The lowest BCUT2D eigenvalue weighted by molar-refractivity contribution is 0.0918. The first kappa shape index (κ1) is 16.0. The van der Waals surface area contributed by atoms with Gasteiger partial charge in [0, 0.05) is 60.0 Å². The van der Waals surface area contributed by atoms with Gasteiger partial charge in [0.2, 0.25) is 0 Å². The predicted molar refractivity (Wildman–Crippen MR) is 114 cm³/mol. The van der Waals surface area contributed by atoms with Gasteiger partial charge >= 0.3 is 0 Å². The van der Waals surface area contributed by atoms with Gasteiger partial charge in [-0.15, -0.1) is 0 Å². The maximum Gasteiger partial charge on any atom is 0.262 e. The Bertz CT molecular complexity index is 1250. The van der Waals surface area contributed by atoms with Crippen LogP contribution in [-0.2, 0) is 0 Å². The molecule has 0 radical (unpaired) electrons. The Morgan fingerprint density at radius 1 is 1.31 bits per heavy atom. The van der Waals surface area contributed by atoms with E-state index in [2.05, 4.69) is 30.6 Å². The molecule has 1 saturated heterocycles. The van der Waals surface area contributed by atoms with Crippen LogP contribution < -0.4 is 20.1 Å². The zero-order valence-corrected chi connectivity index (χ0v) is 16.8. The van der Waals surface area contributed by atoms with Crippen molar-refractivity contribution in [3.63, 3.8) is 0 Å². The molecule has 1 fully saturated rings. The van der Waals surface area contributed by atoms with Crippen LogP contribution >= 0.6 is 0 Å². The van der Waals surface area contributed by atoms with E-state index in [1.165, 1.54) is 49.2 Å². The SMILES string of the molecule is [2H]C([2H])([2H])C([2H])([2H])Oc1cccnc1Oc1cncc(-c2ncc(C(=O)N[C@@H]3CNC[C@@H](F)C3)cn2)c1. The topological polar surface area (TPSA) is 111 Å². The molecule has 4 rings (SSSR count). The molecule has 2 N–H and O–H groups in total. The predicted octanol–water partition coefficient (Wildman–Crippen LogP) is 2.55. The highest BCUT2D eigenvalue weighted by atomic mass is 19.1. The summed E-state index contributed by atoms with van der Waals surface area (Å²) in [5.74, 6) is -0.384. The first-order valence-electron chi connectivity index (χ1n) is 12.3. The molecular weight excluding hydrogens is 415 g/mol. The second-order valence-corrected chi connectivity index (χ2v) is 6.98. The molecule has 10 heteroatoms. The molecule has 9 nitrogen and oxygen atoms in total. The Hall–Kier alpha value is -3.66. The van der Waals surface area contributed by atoms with E-state index in [1.54, 1.807) is 0 Å². The minimum absolute atomic E-state index is 0.171. The Labute approximate surface area is 191 Å². The molecule has 0 aromatic carbocycles. The van der Waals surface area contributed by atoms with Crippen molar-refractivity contribution in [1.29, 1.82) is 0 Å². The number of carbonyl (C=O) groups is 1. The highest BCUT2D eigenvalue weighted by molar-refractivity contribution is 5.93. The summed E-state index contributed by atoms with van der Waals surface area (Å²) >= 11 is 0. The van der Waals surface area contributed by atoms with Crippen molar-refractivity contribution in [2.75, 3.05) is 19.6 Å². The second kappa shape index (κ2) is 10.1. The third-order valence-electron chi connectivity index (χ3n) is 4.63. The van der Waals surface area contributed by atoms with Gasteiger partial charge in [0.15, 0.2) is 11.6 Å². The van der Waals surface area contributed by atoms with Gasteiger partial charge in [-0.1, -0.05) is 0 Å². The minimum atomic E-state index is -3.04. The number of nitrogens with one attached hydrogen (secondary N) is 2. The number of hydrogen-bond donors (Lipinski definition) is 2. The largest absolute Gasteiger partial charge is 0.488 e. The van der Waals surface area contributed by atoms with Crippen molar-refractivity contribution in [1.82, 2.24) is 30.6 Å². The number of nitrogens with zero attached hydrogens (tertiary/aromatic N) is 4. The van der Waals surface area contributed by atoms with E-state index in [0.29, 0.717) is 12.1 Å². The molecule has 3 aromatic heterocycles. The second-order valence-electron chi connectivity index (χ2n) is 6.98. The fourth-order valence-electron chi connectivity index (χ4n) is 3.16. The maximum atomic E-state index is 13.5. The van der Waals surface area contributed by atoms with Crippen LogP contribution in [0.2, 0.25) is 0 Å². The quantitative estimate of drug-likeness (QED) is 0.573. The number of alkyl halides is 1. The van der Waals surface area contributed by atoms with Gasteiger partial charge in [0.25, 0.3) is 11.8 Å². The van der Waals surface area contributed by atoms with E-state index in [-0.39, 0.29) is 47.8 Å². The van der Waals surface area contributed by atoms with Gasteiger partial charge in [0.05, 0.1) is 21.1 Å². The number of hydrogen-bond acceptors (Lipinski definition) is 8. The summed E-state index contributed by atoms with van der Waals surface area (Å²) in [5, 5.41) is 5.68. The summed E-state index contributed by atoms with van der Waals surface area (Å²) in [7, 11) is 0. The van der Waals surface area contributed by atoms with Gasteiger partial charge in [-0.2, -0.15) is 0 Å². The average molecular weight is 443 g/mol. The maximum absolute atomic E-state index is 13.5. The number of ether oxygens (including phenoxy) is 2. The Kier molecular flexibility index (Phi) is 5.06. The average Bonchev–Trinajstić information content (AvgIpc) is 2.85. The molecule has 0 bridgehead atoms. The molecule has 3 aromatic rings. The number of carbonyl (C=O) groups excluding carboxylic acids is 1. The fourth-order valence-corrected chi connectivity index (χ4v) is 3.16. The van der Waals surface area contributed by atoms with Crippen LogP contribution in [0.1, 0.15) is 30.5 Å². The fraction of sp³-hybridized carbons (Fsp3) is 0.318. The minimum Gasteiger partial charge on any atom is -0.488 e. The monoisotopic (exact) mass is 443 g/mol. The lowest BCUT2D eigenvalue weighted by atomic mass is 10.1. The van der Waals surface area contributed by atoms with Gasteiger partial charge < -0.3 is 20.1 Å². The van der Waals surface area contributed by atoms with E-state index >= 15 is 0 Å². The molecular formula is C22H23FN6O3. The lowest BCUT2D eigenvalue weighted by Crippen LogP contribution is -2.49. The Morgan fingerprint density at radius 2 is 2.19 bits per heavy atom. The standard InChI is InChI=1S/C22H23FN6O3/c1-2-31-19-4-3-5-26-22(19)32-18-6-14(8-24-13-18)20-27-9-15(10-28-20)21(30)29-17-7-16(23)11-25-12-17/h3-6,8-10,13,16-17,25H,2,7,11-12H2,1H3,(H,29,30)/t16-,17-/m0/s1/i1D3,2D2. The number of aromatic nitrogens is 4. The molecule has 1 amide bonds. The zero-order valence-electron chi connectivity index (χ0n) is 21.8. The number of amides is 1. The number of pyridine rings is 2. The van der Waals surface area contributed by atoms with Crippen LogP contribution in [0.5, 0.6) is 17.4 Å². The van der Waals surface area contributed by atoms with E-state index < -0.39 is 25.5 Å². The van der Waals surface area contributed by atoms with Crippen LogP contribution in [0, 0.1) is 0 Å². The van der Waals surface area contributed by atoms with Crippen molar-refractivity contribution < 1.29 is 25.5 Å². The van der Waals surface area contributed by atoms with Gasteiger partial charge in [-0.3, -0.25) is 9.78 Å². The zero-order chi connectivity index (χ0) is 26.6. The molecule has 0 unspecified atom stereocenters. The third kappa shape index (κ3) is 5.33. The molecule has 0 saturated carbocycles.